The molecular weight excluding hydrogens is 656 g/mol. The number of aliphatic hydroxyl groups is 2. The van der Waals surface area contributed by atoms with Crippen LogP contribution in [0, 0.1) is 13.8 Å². The minimum absolute atomic E-state index is 0.0879. The number of hydrogen-bond donors (Lipinski definition) is 4. The van der Waals surface area contributed by atoms with Gasteiger partial charge in [0.1, 0.15) is 18.3 Å². The van der Waals surface area contributed by atoms with Gasteiger partial charge in [-0.05, 0) is 106 Å². The van der Waals surface area contributed by atoms with Crippen LogP contribution < -0.4 is 10.4 Å². The number of rotatable bonds is 11. The van der Waals surface area contributed by atoms with Crippen molar-refractivity contribution in [3.63, 3.8) is 0 Å². The molecule has 2 aliphatic heterocycles. The summed E-state index contributed by atoms with van der Waals surface area (Å²) in [6.07, 6.45) is 9.38. The topological polar surface area (TPSA) is 150 Å². The number of esters is 2. The number of fused-ring (bicyclic) bond motifs is 8. The highest BCUT2D eigenvalue weighted by molar-refractivity contribution is 5.97. The van der Waals surface area contributed by atoms with E-state index >= 15 is 0 Å². The number of allylic oxidation sites excluding steroid dienone is 3. The van der Waals surface area contributed by atoms with E-state index in [9.17, 15) is 19.8 Å². The van der Waals surface area contributed by atoms with E-state index in [0.717, 1.165) is 87.9 Å². The Bertz CT molecular complexity index is 2290. The zero-order valence-electron chi connectivity index (χ0n) is 31.3. The van der Waals surface area contributed by atoms with Gasteiger partial charge in [0.15, 0.2) is 0 Å². The minimum Gasteiger partial charge on any atom is -0.515 e. The molecule has 0 aromatic carbocycles. The van der Waals surface area contributed by atoms with E-state index in [-0.39, 0.29) is 30.7 Å². The van der Waals surface area contributed by atoms with Crippen LogP contribution in [0.4, 0.5) is 0 Å². The van der Waals surface area contributed by atoms with Crippen LogP contribution in [0.5, 0.6) is 0 Å². The number of carbonyl (C=O) groups excluding carboxylic acids is 2. The number of aryl methyl sites for hydroxylation is 2. The maximum Gasteiger partial charge on any atom is 0.321 e. The molecule has 3 aliphatic rings. The fraction of sp³-hybridized carbons (Fsp3) is 0.429. The Balaban J connectivity index is 1.53. The number of carbonyl (C=O) groups is 2. The summed E-state index contributed by atoms with van der Waals surface area (Å²) < 4.78 is 10.8. The molecule has 0 saturated carbocycles. The number of aromatic nitrogens is 4. The van der Waals surface area contributed by atoms with Crippen molar-refractivity contribution in [2.75, 3.05) is 13.7 Å². The smallest absolute Gasteiger partial charge is 0.321 e. The first kappa shape index (κ1) is 36.7. The Morgan fingerprint density at radius 1 is 0.981 bits per heavy atom. The van der Waals surface area contributed by atoms with Crippen molar-refractivity contribution < 1.29 is 29.3 Å². The van der Waals surface area contributed by atoms with Crippen molar-refractivity contribution in [2.45, 2.75) is 105 Å². The van der Waals surface area contributed by atoms with E-state index in [1.807, 2.05) is 38.1 Å². The summed E-state index contributed by atoms with van der Waals surface area (Å²) in [6, 6.07) is 5.90. The van der Waals surface area contributed by atoms with Gasteiger partial charge in [-0.1, -0.05) is 32.3 Å². The van der Waals surface area contributed by atoms with Crippen molar-refractivity contribution in [2.24, 2.45) is 0 Å². The van der Waals surface area contributed by atoms with Gasteiger partial charge in [0.05, 0.1) is 41.5 Å². The number of aromatic amines is 2. The van der Waals surface area contributed by atoms with Crippen molar-refractivity contribution in [3.8, 4) is 0 Å². The van der Waals surface area contributed by atoms with Gasteiger partial charge in [0.2, 0.25) is 0 Å². The zero-order chi connectivity index (χ0) is 37.3. The molecule has 4 N–H and O–H groups in total. The number of hydrogen-bond acceptors (Lipinski definition) is 8. The van der Waals surface area contributed by atoms with Gasteiger partial charge in [-0.2, -0.15) is 0 Å². The normalized spacial score (nSPS) is 17.3. The SMILES string of the molecule is CCCCC/C(C)=C/COC(=O)CC[C@H]1Cc2cc3[nH]c(cc4nc(cc5[nH]c6c(c1n2)[C@@H](C(=O)OC)C(O)=c6c5C)C(CC)=C4C)c(=CO)c3C. The molecule has 6 rings (SSSR count). The van der Waals surface area contributed by atoms with Crippen molar-refractivity contribution >= 4 is 57.2 Å². The molecule has 274 valence electrons. The Labute approximate surface area is 304 Å². The van der Waals surface area contributed by atoms with E-state index in [1.54, 1.807) is 0 Å². The van der Waals surface area contributed by atoms with E-state index in [2.05, 4.69) is 37.7 Å². The highest BCUT2D eigenvalue weighted by Gasteiger charge is 2.39. The van der Waals surface area contributed by atoms with E-state index in [1.165, 1.54) is 19.1 Å². The molecule has 52 heavy (non-hydrogen) atoms. The first-order valence-electron chi connectivity index (χ1n) is 18.4. The van der Waals surface area contributed by atoms with Crippen LogP contribution in [0.1, 0.15) is 124 Å². The summed E-state index contributed by atoms with van der Waals surface area (Å²) in [4.78, 5) is 43.6. The molecule has 0 radical (unpaired) electrons. The third-order valence-corrected chi connectivity index (χ3v) is 10.9. The second-order valence-corrected chi connectivity index (χ2v) is 14.2. The zero-order valence-corrected chi connectivity index (χ0v) is 31.3. The molecule has 3 aromatic rings. The average molecular weight is 707 g/mol. The van der Waals surface area contributed by atoms with E-state index < -0.39 is 11.9 Å². The molecule has 10 nitrogen and oxygen atoms in total. The highest BCUT2D eigenvalue weighted by Crippen LogP contribution is 2.41. The summed E-state index contributed by atoms with van der Waals surface area (Å²) in [5, 5.41) is 23.3. The van der Waals surface area contributed by atoms with Crippen molar-refractivity contribution in [3.05, 3.63) is 79.8 Å². The van der Waals surface area contributed by atoms with Crippen LogP contribution in [-0.4, -0.2) is 55.8 Å². The molecular formula is C42H50N4O6. The molecule has 2 atom stereocenters. The number of nitrogens with zero attached hydrogens (tertiary/aromatic N) is 2. The summed E-state index contributed by atoms with van der Waals surface area (Å²) in [5.41, 5.74) is 11.3. The third-order valence-electron chi connectivity index (χ3n) is 10.9. The van der Waals surface area contributed by atoms with Gasteiger partial charge in [-0.3, -0.25) is 14.6 Å². The molecule has 0 saturated heterocycles. The molecule has 3 aromatic heterocycles. The highest BCUT2D eigenvalue weighted by atomic mass is 16.5. The predicted octanol–water partition coefficient (Wildman–Crippen LogP) is 7.68. The number of ether oxygens (including phenoxy) is 2. The van der Waals surface area contributed by atoms with Crippen LogP contribution in [0.15, 0.2) is 29.8 Å². The largest absolute Gasteiger partial charge is 0.515 e. The number of nitrogens with one attached hydrogen (secondary N) is 2. The fourth-order valence-corrected chi connectivity index (χ4v) is 7.83. The number of unbranched alkanes of at least 4 members (excludes halogenated alkanes) is 2. The standard InChI is InChI=1S/C42H50N4O6/c1-8-10-11-12-22(3)15-16-52-35(48)14-13-26-17-27-18-30-24(5)29(21-47)34(44-30)19-31-23(4)28(9-2)33(45-31)20-32-25(6)36-40(46-32)37(39(26)43-27)38(41(36)49)42(50)51-7/h15,18-21,26,38,44,46-47,49H,8-14,16-17H2,1-7H3/b22-15+,27-18?,29-21?,33-20?,34-19?/t26-,38+/m0/s1. The second-order valence-electron chi connectivity index (χ2n) is 14.2. The van der Waals surface area contributed by atoms with Gasteiger partial charge in [-0.15, -0.1) is 0 Å². The Morgan fingerprint density at radius 3 is 2.44 bits per heavy atom. The van der Waals surface area contributed by atoms with E-state index in [0.29, 0.717) is 40.1 Å². The first-order chi connectivity index (χ1) is 25.0. The van der Waals surface area contributed by atoms with Gasteiger partial charge in [0, 0.05) is 45.1 Å². The summed E-state index contributed by atoms with van der Waals surface area (Å²) in [5.74, 6) is -2.31. The van der Waals surface area contributed by atoms with Crippen LogP contribution in [0.2, 0.25) is 0 Å². The minimum atomic E-state index is -1.08. The van der Waals surface area contributed by atoms with Crippen LogP contribution in [0.25, 0.3) is 45.2 Å². The lowest BCUT2D eigenvalue weighted by atomic mass is 9.90. The maximum absolute atomic E-state index is 13.4. The van der Waals surface area contributed by atoms with Crippen LogP contribution in [-0.2, 0) is 25.5 Å². The lowest BCUT2D eigenvalue weighted by Crippen LogP contribution is -2.18. The van der Waals surface area contributed by atoms with E-state index in [4.69, 9.17) is 19.4 Å². The number of H-pyrrole nitrogens is 2. The molecule has 10 heteroatoms. The monoisotopic (exact) mass is 706 g/mol. The molecule has 8 bridgehead atoms. The van der Waals surface area contributed by atoms with Gasteiger partial charge in [-0.25, -0.2) is 4.98 Å². The van der Waals surface area contributed by atoms with Gasteiger partial charge >= 0.3 is 11.9 Å². The Morgan fingerprint density at radius 2 is 1.73 bits per heavy atom. The van der Waals surface area contributed by atoms with Gasteiger partial charge in [0.25, 0.3) is 0 Å². The Hall–Kier alpha value is -5.12. The number of aliphatic hydroxyl groups excluding tert-OH is 2. The summed E-state index contributed by atoms with van der Waals surface area (Å²) in [6.45, 7) is 12.5. The molecule has 1 aliphatic carbocycles. The number of methoxy groups -OCH3 is 1. The quantitative estimate of drug-likeness (QED) is 0.0901. The lowest BCUT2D eigenvalue weighted by Gasteiger charge is -2.16. The fourth-order valence-electron chi connectivity index (χ4n) is 7.83. The molecule has 0 unspecified atom stereocenters. The van der Waals surface area contributed by atoms with Crippen LogP contribution in [0.3, 0.4) is 0 Å². The lowest BCUT2D eigenvalue weighted by molar-refractivity contribution is -0.143. The van der Waals surface area contributed by atoms with Crippen molar-refractivity contribution in [1.29, 1.82) is 0 Å². The molecule has 0 amide bonds. The summed E-state index contributed by atoms with van der Waals surface area (Å²) >= 11 is 0. The van der Waals surface area contributed by atoms with Gasteiger partial charge < -0.3 is 29.7 Å². The summed E-state index contributed by atoms with van der Waals surface area (Å²) in [7, 11) is 1.31. The first-order valence-corrected chi connectivity index (χ1v) is 18.4. The van der Waals surface area contributed by atoms with Crippen LogP contribution >= 0.6 is 0 Å². The molecule has 0 fully saturated rings. The third kappa shape index (κ3) is 6.78. The molecule has 5 heterocycles. The maximum atomic E-state index is 13.4. The van der Waals surface area contributed by atoms with Crippen molar-refractivity contribution in [1.82, 2.24) is 19.9 Å². The molecule has 0 spiro atoms. The average Bonchev–Trinajstić information content (AvgIpc) is 3.89. The second kappa shape index (κ2) is 15.2. The predicted molar refractivity (Wildman–Crippen MR) is 205 cm³/mol. The Kier molecular flexibility index (Phi) is 10.7.